The molecule has 20 heavy (non-hydrogen) atoms. The molecule has 2 aromatic carbocycles. The van der Waals surface area contributed by atoms with E-state index in [0.29, 0.717) is 6.71 Å². The van der Waals surface area contributed by atoms with E-state index in [1.807, 2.05) is 0 Å². The van der Waals surface area contributed by atoms with Crippen LogP contribution in [0.3, 0.4) is 0 Å². The van der Waals surface area contributed by atoms with E-state index >= 15 is 0 Å². The van der Waals surface area contributed by atoms with Crippen LogP contribution in [0.25, 0.3) is 0 Å². The summed E-state index contributed by atoms with van der Waals surface area (Å²) < 4.78 is 0. The van der Waals surface area contributed by atoms with Gasteiger partial charge in [-0.1, -0.05) is 76.6 Å². The van der Waals surface area contributed by atoms with Gasteiger partial charge in [-0.3, -0.25) is 0 Å². The Balaban J connectivity index is 1.84. The topological polar surface area (TPSA) is 0 Å². The van der Waals surface area contributed by atoms with Crippen LogP contribution in [-0.4, -0.2) is 6.71 Å². The van der Waals surface area contributed by atoms with Crippen molar-refractivity contribution in [2.75, 3.05) is 0 Å². The summed E-state index contributed by atoms with van der Waals surface area (Å²) in [5.41, 5.74) is 11.0. The Morgan fingerprint density at radius 1 is 0.800 bits per heavy atom. The average Bonchev–Trinajstić information content (AvgIpc) is 2.95. The van der Waals surface area contributed by atoms with Crippen molar-refractivity contribution in [3.8, 4) is 0 Å². The molecule has 1 aliphatic carbocycles. The van der Waals surface area contributed by atoms with Gasteiger partial charge in [0.05, 0.1) is 0 Å². The maximum absolute atomic E-state index is 2.35. The van der Waals surface area contributed by atoms with Gasteiger partial charge in [0.2, 0.25) is 6.71 Å². The van der Waals surface area contributed by atoms with Crippen LogP contribution in [0.5, 0.6) is 0 Å². The number of fused-ring (bicyclic) bond motifs is 3. The Labute approximate surface area is 119 Å². The lowest BCUT2D eigenvalue weighted by molar-refractivity contribution is 1.13. The van der Waals surface area contributed by atoms with Crippen molar-refractivity contribution in [2.45, 2.75) is 19.3 Å². The summed E-state index contributed by atoms with van der Waals surface area (Å²) in [4.78, 5) is 0. The summed E-state index contributed by atoms with van der Waals surface area (Å²) in [6, 6.07) is 15.9. The zero-order chi connectivity index (χ0) is 13.1. The molecule has 0 fully saturated rings. The first-order chi connectivity index (χ1) is 9.92. The number of benzene rings is 2. The molecule has 0 radical (unpaired) electrons. The fourth-order valence-electron chi connectivity index (χ4n) is 4.29. The molecule has 2 aliphatic heterocycles. The van der Waals surface area contributed by atoms with Crippen LogP contribution in [0.15, 0.2) is 65.7 Å². The molecule has 0 bridgehead atoms. The van der Waals surface area contributed by atoms with E-state index in [4.69, 9.17) is 0 Å². The van der Waals surface area contributed by atoms with Crippen molar-refractivity contribution in [2.24, 2.45) is 0 Å². The summed E-state index contributed by atoms with van der Waals surface area (Å²) in [6.45, 7) is 0.518. The molecule has 0 atom stereocenters. The third-order valence-corrected chi connectivity index (χ3v) is 5.12. The van der Waals surface area contributed by atoms with Gasteiger partial charge in [0.25, 0.3) is 0 Å². The number of hydrogen-bond donors (Lipinski definition) is 0. The fraction of sp³-hybridized carbons (Fsp3) is 0.158. The van der Waals surface area contributed by atoms with E-state index in [-0.39, 0.29) is 0 Å². The lowest BCUT2D eigenvalue weighted by atomic mass is 9.30. The summed E-state index contributed by atoms with van der Waals surface area (Å²) in [6.07, 6.45) is 8.07. The van der Waals surface area contributed by atoms with E-state index in [2.05, 4.69) is 54.6 Å². The van der Waals surface area contributed by atoms with Gasteiger partial charge in [-0.2, -0.15) is 0 Å². The van der Waals surface area contributed by atoms with Gasteiger partial charge in [-0.05, 0) is 36.0 Å². The Morgan fingerprint density at radius 2 is 1.60 bits per heavy atom. The van der Waals surface area contributed by atoms with Crippen LogP contribution in [0.4, 0.5) is 0 Å². The molecule has 0 N–H and O–H groups in total. The minimum absolute atomic E-state index is 0.518. The molecular weight excluding hydrogens is 239 g/mol. The van der Waals surface area contributed by atoms with Crippen molar-refractivity contribution in [3.63, 3.8) is 0 Å². The van der Waals surface area contributed by atoms with Crippen LogP contribution in [0.1, 0.15) is 23.1 Å². The third-order valence-electron chi connectivity index (χ3n) is 5.12. The van der Waals surface area contributed by atoms with E-state index in [9.17, 15) is 0 Å². The molecule has 0 saturated carbocycles. The first kappa shape index (κ1) is 10.7. The molecule has 3 aliphatic rings. The Bertz CT molecular complexity index is 795. The maximum Gasteiger partial charge on any atom is 0.238 e. The second-order valence-corrected chi connectivity index (χ2v) is 6.13. The highest BCUT2D eigenvalue weighted by molar-refractivity contribution is 6.92. The predicted octanol–water partition coefficient (Wildman–Crippen LogP) is 2.55. The van der Waals surface area contributed by atoms with Gasteiger partial charge in [0, 0.05) is 0 Å². The average molecular weight is 254 g/mol. The Kier molecular flexibility index (Phi) is 2.02. The van der Waals surface area contributed by atoms with E-state index in [0.717, 1.165) is 19.3 Å². The lowest BCUT2D eigenvalue weighted by Crippen LogP contribution is -2.53. The highest BCUT2D eigenvalue weighted by atomic mass is 14.2. The zero-order valence-electron chi connectivity index (χ0n) is 11.4. The van der Waals surface area contributed by atoms with Crippen molar-refractivity contribution < 1.29 is 0 Å². The maximum atomic E-state index is 2.35. The molecule has 0 saturated heterocycles. The van der Waals surface area contributed by atoms with Crippen molar-refractivity contribution >= 4 is 17.6 Å². The molecule has 5 rings (SSSR count). The third kappa shape index (κ3) is 1.28. The first-order valence-corrected chi connectivity index (χ1v) is 7.49. The minimum Gasteiger partial charge on any atom is -0.0834 e. The van der Waals surface area contributed by atoms with E-state index in [1.165, 1.54) is 5.56 Å². The van der Waals surface area contributed by atoms with Crippen LogP contribution in [0.2, 0.25) is 0 Å². The SMILES string of the molecule is C1=CC2=C(C1)B1c3ccccc3Cc3cccc(c31)C2. The van der Waals surface area contributed by atoms with Crippen LogP contribution in [-0.2, 0) is 12.8 Å². The van der Waals surface area contributed by atoms with Gasteiger partial charge in [-0.15, -0.1) is 0 Å². The second kappa shape index (κ2) is 3.76. The van der Waals surface area contributed by atoms with Crippen molar-refractivity contribution in [1.29, 1.82) is 0 Å². The largest absolute Gasteiger partial charge is 0.238 e. The monoisotopic (exact) mass is 254 g/mol. The molecule has 2 heterocycles. The smallest absolute Gasteiger partial charge is 0.0834 e. The normalized spacial score (nSPS) is 17.9. The molecule has 94 valence electrons. The van der Waals surface area contributed by atoms with Gasteiger partial charge in [0.1, 0.15) is 0 Å². The van der Waals surface area contributed by atoms with Crippen molar-refractivity contribution in [1.82, 2.24) is 0 Å². The number of allylic oxidation sites excluding steroid dienone is 4. The van der Waals surface area contributed by atoms with Gasteiger partial charge in [-0.25, -0.2) is 0 Å². The van der Waals surface area contributed by atoms with Crippen molar-refractivity contribution in [3.05, 3.63) is 82.4 Å². The Hall–Kier alpha value is -2.02. The highest BCUT2D eigenvalue weighted by Gasteiger charge is 2.37. The molecule has 0 spiro atoms. The molecule has 0 aromatic heterocycles. The fourth-order valence-corrected chi connectivity index (χ4v) is 4.29. The number of rotatable bonds is 0. The lowest BCUT2D eigenvalue weighted by Gasteiger charge is -2.33. The quantitative estimate of drug-likeness (QED) is 0.634. The van der Waals surface area contributed by atoms with Gasteiger partial charge < -0.3 is 0 Å². The second-order valence-electron chi connectivity index (χ2n) is 6.13. The minimum atomic E-state index is 0.518. The molecule has 1 heteroatoms. The molecule has 0 unspecified atom stereocenters. The standard InChI is InChI=1S/C19H15B/c1-2-9-17-13(5-1)11-15-7-3-8-16-12-14-6-4-10-18(14)20(17)19(15)16/h1-9H,10-12H2. The van der Waals surface area contributed by atoms with Crippen LogP contribution >= 0.6 is 0 Å². The van der Waals surface area contributed by atoms with Gasteiger partial charge in [0.15, 0.2) is 0 Å². The molecule has 0 amide bonds. The van der Waals surface area contributed by atoms with Gasteiger partial charge >= 0.3 is 0 Å². The highest BCUT2D eigenvalue weighted by Crippen LogP contribution is 2.32. The zero-order valence-corrected chi connectivity index (χ0v) is 11.4. The molecular formula is C19H15B. The Morgan fingerprint density at radius 3 is 2.55 bits per heavy atom. The molecule has 2 aromatic rings. The molecule has 0 nitrogen and oxygen atoms in total. The summed E-state index contributed by atoms with van der Waals surface area (Å²) >= 11 is 0. The van der Waals surface area contributed by atoms with E-state index < -0.39 is 0 Å². The summed E-state index contributed by atoms with van der Waals surface area (Å²) in [7, 11) is 0. The predicted molar refractivity (Wildman–Crippen MR) is 85.2 cm³/mol. The summed E-state index contributed by atoms with van der Waals surface area (Å²) in [5, 5.41) is 0. The van der Waals surface area contributed by atoms with Crippen LogP contribution < -0.4 is 10.9 Å². The number of hydrogen-bond acceptors (Lipinski definition) is 0. The van der Waals surface area contributed by atoms with Crippen LogP contribution in [0, 0.1) is 0 Å². The first-order valence-electron chi connectivity index (χ1n) is 7.49. The van der Waals surface area contributed by atoms with E-state index in [1.54, 1.807) is 33.1 Å². The summed E-state index contributed by atoms with van der Waals surface area (Å²) in [5.74, 6) is 0.